The highest BCUT2D eigenvalue weighted by Crippen LogP contribution is 2.17. The zero-order chi connectivity index (χ0) is 12.3. The van der Waals surface area contributed by atoms with Crippen molar-refractivity contribution in [2.24, 2.45) is 5.92 Å². The molecule has 0 radical (unpaired) electrons. The van der Waals surface area contributed by atoms with E-state index in [0.717, 1.165) is 51.3 Å². The quantitative estimate of drug-likeness (QED) is 0.761. The monoisotopic (exact) mass is 240 g/mol. The van der Waals surface area contributed by atoms with Crippen LogP contribution in [-0.2, 0) is 4.74 Å². The van der Waals surface area contributed by atoms with E-state index in [0.29, 0.717) is 6.04 Å². The second-order valence-electron chi connectivity index (χ2n) is 5.52. The molecule has 2 heterocycles. The second kappa shape index (κ2) is 5.71. The first-order chi connectivity index (χ1) is 8.15. The Bertz CT molecular complexity index is 262. The molecule has 2 amide bonds. The van der Waals surface area contributed by atoms with Crippen LogP contribution in [0.15, 0.2) is 0 Å². The fourth-order valence-corrected chi connectivity index (χ4v) is 2.61. The minimum Gasteiger partial charge on any atom is -0.378 e. The third-order valence-electron chi connectivity index (χ3n) is 3.88. The SMILES string of the molecule is CC1CCN(C(=O)NC2CCOC(C)C2)CC1. The van der Waals surface area contributed by atoms with Crippen molar-refractivity contribution < 1.29 is 9.53 Å². The van der Waals surface area contributed by atoms with Gasteiger partial charge in [-0.2, -0.15) is 0 Å². The average molecular weight is 240 g/mol. The van der Waals surface area contributed by atoms with Crippen LogP contribution in [-0.4, -0.2) is 42.8 Å². The predicted octanol–water partition coefficient (Wildman–Crippen LogP) is 2.00. The summed E-state index contributed by atoms with van der Waals surface area (Å²) in [7, 11) is 0. The van der Waals surface area contributed by atoms with Gasteiger partial charge in [0, 0.05) is 25.7 Å². The highest BCUT2D eigenvalue weighted by atomic mass is 16.5. The summed E-state index contributed by atoms with van der Waals surface area (Å²) in [5.41, 5.74) is 0. The number of rotatable bonds is 1. The summed E-state index contributed by atoms with van der Waals surface area (Å²) in [4.78, 5) is 14.0. The van der Waals surface area contributed by atoms with Gasteiger partial charge in [-0.1, -0.05) is 6.92 Å². The van der Waals surface area contributed by atoms with Gasteiger partial charge in [-0.3, -0.25) is 0 Å². The number of nitrogens with zero attached hydrogens (tertiary/aromatic N) is 1. The van der Waals surface area contributed by atoms with Crippen LogP contribution in [0.3, 0.4) is 0 Å². The zero-order valence-electron chi connectivity index (χ0n) is 10.9. The molecule has 2 aliphatic rings. The van der Waals surface area contributed by atoms with Gasteiger partial charge >= 0.3 is 6.03 Å². The van der Waals surface area contributed by atoms with Gasteiger partial charge in [-0.15, -0.1) is 0 Å². The van der Waals surface area contributed by atoms with Crippen LogP contribution in [0.2, 0.25) is 0 Å². The number of hydrogen-bond acceptors (Lipinski definition) is 2. The maximum absolute atomic E-state index is 12.1. The first-order valence-corrected chi connectivity index (χ1v) is 6.82. The van der Waals surface area contributed by atoms with E-state index in [-0.39, 0.29) is 12.1 Å². The molecule has 2 atom stereocenters. The lowest BCUT2D eigenvalue weighted by Crippen LogP contribution is -2.49. The Morgan fingerprint density at radius 1 is 1.24 bits per heavy atom. The van der Waals surface area contributed by atoms with Gasteiger partial charge in [0.25, 0.3) is 0 Å². The summed E-state index contributed by atoms with van der Waals surface area (Å²) < 4.78 is 5.48. The van der Waals surface area contributed by atoms with Gasteiger partial charge < -0.3 is 15.0 Å². The van der Waals surface area contributed by atoms with Gasteiger partial charge in [-0.25, -0.2) is 4.79 Å². The van der Waals surface area contributed by atoms with Crippen LogP contribution in [0, 0.1) is 5.92 Å². The number of hydrogen-bond donors (Lipinski definition) is 1. The van der Waals surface area contributed by atoms with E-state index in [9.17, 15) is 4.79 Å². The van der Waals surface area contributed by atoms with Crippen LogP contribution in [0.5, 0.6) is 0 Å². The molecule has 0 spiro atoms. The fraction of sp³-hybridized carbons (Fsp3) is 0.923. The third-order valence-corrected chi connectivity index (χ3v) is 3.88. The number of likely N-dealkylation sites (tertiary alicyclic amines) is 1. The van der Waals surface area contributed by atoms with Crippen LogP contribution in [0.25, 0.3) is 0 Å². The molecule has 2 saturated heterocycles. The Kier molecular flexibility index (Phi) is 4.26. The van der Waals surface area contributed by atoms with Crippen molar-refractivity contribution in [2.75, 3.05) is 19.7 Å². The Hall–Kier alpha value is -0.770. The molecule has 0 aliphatic carbocycles. The maximum Gasteiger partial charge on any atom is 0.317 e. The van der Waals surface area contributed by atoms with Gasteiger partial charge in [0.15, 0.2) is 0 Å². The number of nitrogens with one attached hydrogen (secondary N) is 1. The molecule has 1 N–H and O–H groups in total. The summed E-state index contributed by atoms with van der Waals surface area (Å²) in [5.74, 6) is 0.766. The largest absolute Gasteiger partial charge is 0.378 e. The van der Waals surface area contributed by atoms with Gasteiger partial charge in [0.05, 0.1) is 6.10 Å². The molecule has 4 heteroatoms. The van der Waals surface area contributed by atoms with Gasteiger partial charge in [0.2, 0.25) is 0 Å². The summed E-state index contributed by atoms with van der Waals surface area (Å²) in [5, 5.41) is 3.14. The maximum atomic E-state index is 12.1. The lowest BCUT2D eigenvalue weighted by Gasteiger charge is -2.34. The molecule has 0 saturated carbocycles. The number of urea groups is 1. The topological polar surface area (TPSA) is 41.6 Å². The molecule has 0 bridgehead atoms. The molecule has 17 heavy (non-hydrogen) atoms. The van der Waals surface area contributed by atoms with E-state index in [1.54, 1.807) is 0 Å². The van der Waals surface area contributed by atoms with E-state index in [4.69, 9.17) is 4.74 Å². The minimum atomic E-state index is 0.121. The lowest BCUT2D eigenvalue weighted by molar-refractivity contribution is 0.0143. The standard InChI is InChI=1S/C13H24N2O2/c1-10-3-6-15(7-4-10)13(16)14-12-5-8-17-11(2)9-12/h10-12H,3-9H2,1-2H3,(H,14,16). The van der Waals surface area contributed by atoms with Crippen LogP contribution in [0.4, 0.5) is 4.79 Å². The van der Waals surface area contributed by atoms with Crippen molar-refractivity contribution in [3.8, 4) is 0 Å². The molecular weight excluding hydrogens is 216 g/mol. The summed E-state index contributed by atoms with van der Waals surface area (Å²) in [6, 6.07) is 0.418. The van der Waals surface area contributed by atoms with Gasteiger partial charge in [0.1, 0.15) is 0 Å². The molecule has 0 aromatic carbocycles. The first kappa shape index (κ1) is 12.7. The minimum absolute atomic E-state index is 0.121. The van der Waals surface area contributed by atoms with Crippen molar-refractivity contribution in [2.45, 2.75) is 51.7 Å². The molecular formula is C13H24N2O2. The number of amides is 2. The molecule has 0 aromatic heterocycles. The average Bonchev–Trinajstić information content (AvgIpc) is 2.29. The smallest absolute Gasteiger partial charge is 0.317 e. The number of piperidine rings is 1. The van der Waals surface area contributed by atoms with Crippen molar-refractivity contribution in [1.29, 1.82) is 0 Å². The van der Waals surface area contributed by atoms with Crippen molar-refractivity contribution in [3.05, 3.63) is 0 Å². The van der Waals surface area contributed by atoms with Crippen molar-refractivity contribution >= 4 is 6.03 Å². The molecule has 2 aliphatic heterocycles. The van der Waals surface area contributed by atoms with E-state index >= 15 is 0 Å². The molecule has 2 fully saturated rings. The van der Waals surface area contributed by atoms with E-state index in [2.05, 4.69) is 19.2 Å². The Balaban J connectivity index is 1.76. The van der Waals surface area contributed by atoms with Crippen molar-refractivity contribution in [3.63, 3.8) is 0 Å². The Labute approximate surface area is 104 Å². The first-order valence-electron chi connectivity index (χ1n) is 6.82. The predicted molar refractivity (Wildman–Crippen MR) is 66.9 cm³/mol. The summed E-state index contributed by atoms with van der Waals surface area (Å²) in [6.45, 7) is 6.91. The number of ether oxygens (including phenoxy) is 1. The Morgan fingerprint density at radius 3 is 2.59 bits per heavy atom. The molecule has 2 rings (SSSR count). The van der Waals surface area contributed by atoms with E-state index < -0.39 is 0 Å². The fourth-order valence-electron chi connectivity index (χ4n) is 2.61. The molecule has 0 aromatic rings. The molecule has 4 nitrogen and oxygen atoms in total. The summed E-state index contributed by atoms with van der Waals surface area (Å²) >= 11 is 0. The van der Waals surface area contributed by atoms with Crippen LogP contribution in [0.1, 0.15) is 39.5 Å². The van der Waals surface area contributed by atoms with Crippen LogP contribution >= 0.6 is 0 Å². The normalized spacial score (nSPS) is 31.3. The van der Waals surface area contributed by atoms with E-state index in [1.165, 1.54) is 0 Å². The molecule has 2 unspecified atom stereocenters. The highest BCUT2D eigenvalue weighted by molar-refractivity contribution is 5.74. The van der Waals surface area contributed by atoms with Crippen molar-refractivity contribution in [1.82, 2.24) is 10.2 Å². The van der Waals surface area contributed by atoms with Crippen LogP contribution < -0.4 is 5.32 Å². The number of carbonyl (C=O) groups excluding carboxylic acids is 1. The van der Waals surface area contributed by atoms with E-state index in [1.807, 2.05) is 4.90 Å². The zero-order valence-corrected chi connectivity index (χ0v) is 10.9. The lowest BCUT2D eigenvalue weighted by atomic mass is 9.99. The molecule has 98 valence electrons. The second-order valence-corrected chi connectivity index (χ2v) is 5.52. The third kappa shape index (κ3) is 3.60. The Morgan fingerprint density at radius 2 is 1.94 bits per heavy atom. The number of carbonyl (C=O) groups is 1. The summed E-state index contributed by atoms with van der Waals surface area (Å²) in [6.07, 6.45) is 4.43. The highest BCUT2D eigenvalue weighted by Gasteiger charge is 2.25. The van der Waals surface area contributed by atoms with Gasteiger partial charge in [-0.05, 0) is 38.5 Å².